The van der Waals surface area contributed by atoms with Gasteiger partial charge in [-0.1, -0.05) is 6.07 Å². The number of carbonyl (C=O) groups excluding carboxylic acids is 1. The van der Waals surface area contributed by atoms with Crippen LogP contribution in [-0.4, -0.2) is 35.7 Å². The molecule has 0 aliphatic carbocycles. The number of carbonyl (C=O) groups is 1. The third kappa shape index (κ3) is 3.85. The van der Waals surface area contributed by atoms with Gasteiger partial charge in [0.15, 0.2) is 18.1 Å². The highest BCUT2D eigenvalue weighted by atomic mass is 19.1. The molecular weight excluding hydrogens is 397 g/mol. The van der Waals surface area contributed by atoms with Gasteiger partial charge in [-0.2, -0.15) is 5.26 Å². The molecule has 1 aromatic carbocycles. The lowest BCUT2D eigenvalue weighted by Crippen LogP contribution is -2.50. The predicted octanol–water partition coefficient (Wildman–Crippen LogP) is 3.06. The molecule has 1 aliphatic heterocycles. The minimum absolute atomic E-state index is 0.137. The van der Waals surface area contributed by atoms with Crippen molar-refractivity contribution in [2.24, 2.45) is 10.7 Å². The molecule has 0 radical (unpaired) electrons. The number of aliphatic imine (C=N–C) groups is 1. The number of ketones is 1. The molecule has 0 bridgehead atoms. The Hall–Kier alpha value is -3.41. The maximum Gasteiger partial charge on any atom is 0.283 e. The largest absolute Gasteiger partial charge is 0.456 e. The van der Waals surface area contributed by atoms with Crippen molar-refractivity contribution in [1.29, 1.82) is 5.26 Å². The molecule has 6 nitrogen and oxygen atoms in total. The molecule has 1 aliphatic rings. The van der Waals surface area contributed by atoms with Crippen LogP contribution in [0.4, 0.5) is 13.2 Å². The van der Waals surface area contributed by atoms with Crippen molar-refractivity contribution in [1.82, 2.24) is 4.98 Å². The van der Waals surface area contributed by atoms with E-state index >= 15 is 0 Å². The number of alkyl halides is 2. The molecule has 0 amide bonds. The number of ether oxygens (including phenoxy) is 1. The molecule has 2 N–H and O–H groups in total. The van der Waals surface area contributed by atoms with Gasteiger partial charge in [0.25, 0.3) is 6.02 Å². The van der Waals surface area contributed by atoms with Gasteiger partial charge in [0, 0.05) is 18.2 Å². The van der Waals surface area contributed by atoms with Gasteiger partial charge < -0.3 is 10.5 Å². The standard InChI is InChI=1S/C21H19F3N4O2/c1-11-5-13(9-25)10-27-18(11)16(29)7-12-3-4-15(23)14(6-12)21(2)19(24)17(8-22)30-20(26)28-21/h3-6,10,17,19H,7-8H2,1-2H3,(H2,26,28)/t17-,19+,21-/m1/s1. The molecule has 3 atom stereocenters. The van der Waals surface area contributed by atoms with Gasteiger partial charge in [-0.15, -0.1) is 0 Å². The topological polar surface area (TPSA) is 101 Å². The lowest BCUT2D eigenvalue weighted by Gasteiger charge is -2.37. The summed E-state index contributed by atoms with van der Waals surface area (Å²) in [5.41, 5.74) is 5.01. The molecular formula is C21H19F3N4O2. The van der Waals surface area contributed by atoms with Crippen molar-refractivity contribution in [3.05, 3.63) is 64.2 Å². The molecule has 0 fully saturated rings. The molecule has 156 valence electrons. The summed E-state index contributed by atoms with van der Waals surface area (Å²) in [6.07, 6.45) is -2.34. The van der Waals surface area contributed by atoms with E-state index in [1.165, 1.54) is 25.3 Å². The molecule has 9 heteroatoms. The van der Waals surface area contributed by atoms with E-state index in [1.807, 2.05) is 6.07 Å². The molecule has 30 heavy (non-hydrogen) atoms. The second-order valence-corrected chi connectivity index (χ2v) is 7.23. The number of hydrogen-bond donors (Lipinski definition) is 1. The predicted molar refractivity (Wildman–Crippen MR) is 103 cm³/mol. The number of amidine groups is 1. The Morgan fingerprint density at radius 1 is 1.40 bits per heavy atom. The number of nitrogens with zero attached hydrogens (tertiary/aromatic N) is 3. The fourth-order valence-corrected chi connectivity index (χ4v) is 3.48. The maximum atomic E-state index is 14.9. The molecule has 0 saturated heterocycles. The number of halogens is 3. The third-order valence-electron chi connectivity index (χ3n) is 5.04. The molecule has 3 rings (SSSR count). The zero-order valence-corrected chi connectivity index (χ0v) is 16.3. The Morgan fingerprint density at radius 3 is 2.77 bits per heavy atom. The zero-order chi connectivity index (χ0) is 22.1. The van der Waals surface area contributed by atoms with Crippen LogP contribution in [-0.2, 0) is 16.7 Å². The monoisotopic (exact) mass is 416 g/mol. The summed E-state index contributed by atoms with van der Waals surface area (Å²) in [5, 5.41) is 8.91. The van der Waals surface area contributed by atoms with Gasteiger partial charge in [-0.05, 0) is 43.2 Å². The number of hydrogen-bond acceptors (Lipinski definition) is 6. The Bertz CT molecular complexity index is 1070. The summed E-state index contributed by atoms with van der Waals surface area (Å²) in [6, 6.07) is 6.86. The highest BCUT2D eigenvalue weighted by molar-refractivity contribution is 5.97. The number of rotatable bonds is 5. The molecule has 2 aromatic rings. The van der Waals surface area contributed by atoms with E-state index in [0.717, 1.165) is 6.07 Å². The normalized spacial score (nSPS) is 23.3. The van der Waals surface area contributed by atoms with E-state index < -0.39 is 36.3 Å². The van der Waals surface area contributed by atoms with Gasteiger partial charge in [0.2, 0.25) is 0 Å². The second kappa shape index (κ2) is 8.14. The fourth-order valence-electron chi connectivity index (χ4n) is 3.48. The van der Waals surface area contributed by atoms with E-state index in [9.17, 15) is 18.0 Å². The highest BCUT2D eigenvalue weighted by Gasteiger charge is 2.48. The van der Waals surface area contributed by atoms with Crippen LogP contribution in [0, 0.1) is 24.1 Å². The number of aryl methyl sites for hydroxylation is 1. The number of benzene rings is 1. The van der Waals surface area contributed by atoms with Gasteiger partial charge in [0.05, 0.1) is 5.56 Å². The van der Waals surface area contributed by atoms with E-state index in [2.05, 4.69) is 9.98 Å². The van der Waals surface area contributed by atoms with Crippen LogP contribution >= 0.6 is 0 Å². The molecule has 2 heterocycles. The first-order valence-electron chi connectivity index (χ1n) is 9.10. The molecule has 0 spiro atoms. The molecule has 0 saturated carbocycles. The SMILES string of the molecule is Cc1cc(C#N)cnc1C(=O)Cc1ccc(F)c([C@@]2(C)N=C(N)O[C@H](CF)[C@@H]2F)c1. The van der Waals surface area contributed by atoms with E-state index in [1.54, 1.807) is 13.0 Å². The smallest absolute Gasteiger partial charge is 0.283 e. The van der Waals surface area contributed by atoms with Gasteiger partial charge in [-0.25, -0.2) is 18.2 Å². The average molecular weight is 416 g/mol. The molecule has 0 unspecified atom stereocenters. The van der Waals surface area contributed by atoms with Crippen LogP contribution in [0.2, 0.25) is 0 Å². The third-order valence-corrected chi connectivity index (χ3v) is 5.04. The van der Waals surface area contributed by atoms with Crippen molar-refractivity contribution in [3.8, 4) is 6.07 Å². The van der Waals surface area contributed by atoms with Crippen LogP contribution in [0.25, 0.3) is 0 Å². The van der Waals surface area contributed by atoms with Crippen LogP contribution < -0.4 is 5.73 Å². The van der Waals surface area contributed by atoms with Gasteiger partial charge >= 0.3 is 0 Å². The van der Waals surface area contributed by atoms with Crippen molar-refractivity contribution in [2.75, 3.05) is 6.67 Å². The first kappa shape index (κ1) is 21.3. The van der Waals surface area contributed by atoms with Crippen molar-refractivity contribution < 1.29 is 22.7 Å². The first-order chi connectivity index (χ1) is 14.2. The van der Waals surface area contributed by atoms with Crippen molar-refractivity contribution >= 4 is 11.8 Å². The summed E-state index contributed by atoms with van der Waals surface area (Å²) >= 11 is 0. The summed E-state index contributed by atoms with van der Waals surface area (Å²) in [7, 11) is 0. The number of nitrogens with two attached hydrogens (primary N) is 1. The Morgan fingerprint density at radius 2 is 2.13 bits per heavy atom. The van der Waals surface area contributed by atoms with Crippen LogP contribution in [0.15, 0.2) is 35.5 Å². The highest BCUT2D eigenvalue weighted by Crippen LogP contribution is 2.38. The van der Waals surface area contributed by atoms with Crippen molar-refractivity contribution in [3.63, 3.8) is 0 Å². The summed E-state index contributed by atoms with van der Waals surface area (Å²) in [5.74, 6) is -1.12. The quantitative estimate of drug-likeness (QED) is 0.755. The summed E-state index contributed by atoms with van der Waals surface area (Å²) in [4.78, 5) is 20.6. The second-order valence-electron chi connectivity index (χ2n) is 7.23. The number of aromatic nitrogens is 1. The Kier molecular flexibility index (Phi) is 5.78. The van der Waals surface area contributed by atoms with E-state index in [4.69, 9.17) is 15.7 Å². The van der Waals surface area contributed by atoms with Crippen molar-refractivity contribution in [2.45, 2.75) is 38.1 Å². The first-order valence-corrected chi connectivity index (χ1v) is 9.10. The minimum Gasteiger partial charge on any atom is -0.456 e. The van der Waals surface area contributed by atoms with E-state index in [-0.39, 0.29) is 23.5 Å². The van der Waals surface area contributed by atoms with Crippen LogP contribution in [0.1, 0.15) is 39.7 Å². The lowest BCUT2D eigenvalue weighted by atomic mass is 9.83. The number of nitriles is 1. The van der Waals surface area contributed by atoms with Crippen LogP contribution in [0.5, 0.6) is 0 Å². The van der Waals surface area contributed by atoms with E-state index in [0.29, 0.717) is 16.7 Å². The van der Waals surface area contributed by atoms with Crippen LogP contribution in [0.3, 0.4) is 0 Å². The summed E-state index contributed by atoms with van der Waals surface area (Å²) in [6.45, 7) is 1.80. The zero-order valence-electron chi connectivity index (χ0n) is 16.3. The number of pyridine rings is 1. The Labute approximate surface area is 171 Å². The van der Waals surface area contributed by atoms with Gasteiger partial charge in [-0.3, -0.25) is 9.78 Å². The molecule has 1 aromatic heterocycles. The minimum atomic E-state index is -1.99. The fraction of sp³-hybridized carbons (Fsp3) is 0.333. The average Bonchev–Trinajstić information content (AvgIpc) is 2.71. The maximum absolute atomic E-state index is 14.9. The number of Topliss-reactive ketones (excluding diaryl/α,β-unsaturated/α-hetero) is 1. The van der Waals surface area contributed by atoms with Gasteiger partial charge in [0.1, 0.15) is 29.8 Å². The Balaban J connectivity index is 1.95. The lowest BCUT2D eigenvalue weighted by molar-refractivity contribution is 0.00449. The summed E-state index contributed by atoms with van der Waals surface area (Å²) < 4.78 is 47.5.